The first-order valence-corrected chi connectivity index (χ1v) is 7.69. The van der Waals surface area contributed by atoms with Crippen molar-refractivity contribution in [3.63, 3.8) is 0 Å². The van der Waals surface area contributed by atoms with Crippen LogP contribution in [0.25, 0.3) is 0 Å². The van der Waals surface area contributed by atoms with E-state index in [1.165, 1.54) is 19.2 Å². The van der Waals surface area contributed by atoms with Gasteiger partial charge in [0.25, 0.3) is 0 Å². The number of rotatable bonds is 4. The lowest BCUT2D eigenvalue weighted by molar-refractivity contribution is -0.275. The molecule has 0 saturated carbocycles. The Morgan fingerprint density at radius 1 is 1.33 bits per heavy atom. The highest BCUT2D eigenvalue weighted by atomic mass is 32.2. The van der Waals surface area contributed by atoms with Crippen molar-refractivity contribution in [2.75, 3.05) is 20.1 Å². The van der Waals surface area contributed by atoms with Crippen LogP contribution in [0.15, 0.2) is 29.2 Å². The Morgan fingerprint density at radius 2 is 2.00 bits per heavy atom. The minimum atomic E-state index is -4.95. The number of nitrogens with one attached hydrogen (secondary N) is 1. The highest BCUT2D eigenvalue weighted by Gasteiger charge is 2.36. The van der Waals surface area contributed by atoms with Gasteiger partial charge in [-0.3, -0.25) is 0 Å². The molecule has 118 valence electrons. The van der Waals surface area contributed by atoms with Crippen LogP contribution >= 0.6 is 0 Å². The fourth-order valence-corrected chi connectivity index (χ4v) is 3.67. The summed E-state index contributed by atoms with van der Waals surface area (Å²) in [6.07, 6.45) is -4.34. The number of benzene rings is 1. The summed E-state index contributed by atoms with van der Waals surface area (Å²) < 4.78 is 67.0. The third-order valence-electron chi connectivity index (χ3n) is 3.28. The van der Waals surface area contributed by atoms with E-state index in [2.05, 4.69) is 10.1 Å². The summed E-state index contributed by atoms with van der Waals surface area (Å²) in [5.74, 6) is -0.720. The average Bonchev–Trinajstić information content (AvgIpc) is 2.90. The van der Waals surface area contributed by atoms with E-state index in [0.717, 1.165) is 16.4 Å². The third kappa shape index (κ3) is 3.66. The van der Waals surface area contributed by atoms with Gasteiger partial charge in [0.2, 0.25) is 10.0 Å². The second kappa shape index (κ2) is 5.82. The molecule has 1 aliphatic rings. The van der Waals surface area contributed by atoms with E-state index in [4.69, 9.17) is 0 Å². The molecular weight excluding hydrogens is 309 g/mol. The number of hydrogen-bond donors (Lipinski definition) is 1. The van der Waals surface area contributed by atoms with Crippen LogP contribution in [0.5, 0.6) is 5.75 Å². The lowest BCUT2D eigenvalue weighted by atomic mass is 10.3. The molecule has 1 aliphatic heterocycles. The van der Waals surface area contributed by atoms with Gasteiger partial charge in [-0.2, -0.15) is 4.31 Å². The maximum atomic E-state index is 12.5. The summed E-state index contributed by atoms with van der Waals surface area (Å²) in [4.78, 5) is -0.489. The van der Waals surface area contributed by atoms with Crippen LogP contribution < -0.4 is 10.1 Å². The molecule has 0 aliphatic carbocycles. The van der Waals surface area contributed by atoms with Crippen molar-refractivity contribution in [3.8, 4) is 5.75 Å². The van der Waals surface area contributed by atoms with Crippen LogP contribution in [0.3, 0.4) is 0 Å². The zero-order chi connectivity index (χ0) is 15.7. The normalized spacial score (nSPS) is 20.0. The van der Waals surface area contributed by atoms with Gasteiger partial charge in [0, 0.05) is 19.6 Å². The number of hydrogen-bond acceptors (Lipinski definition) is 4. The molecule has 1 aromatic carbocycles. The largest absolute Gasteiger partial charge is 0.573 e. The Hall–Kier alpha value is -1.32. The first-order chi connectivity index (χ1) is 9.72. The summed E-state index contributed by atoms with van der Waals surface area (Å²) >= 11 is 0. The second-order valence-corrected chi connectivity index (χ2v) is 6.63. The molecule has 1 atom stereocenters. The van der Waals surface area contributed by atoms with Crippen LogP contribution in [-0.2, 0) is 10.0 Å². The Labute approximate surface area is 120 Å². The molecule has 0 aromatic heterocycles. The van der Waals surface area contributed by atoms with Crippen LogP contribution in [-0.4, -0.2) is 45.3 Å². The highest BCUT2D eigenvalue weighted by molar-refractivity contribution is 7.89. The van der Waals surface area contributed by atoms with Gasteiger partial charge < -0.3 is 10.1 Å². The fraction of sp³-hybridized carbons (Fsp3) is 0.500. The predicted molar refractivity (Wildman–Crippen MR) is 69.3 cm³/mol. The highest BCUT2D eigenvalue weighted by Crippen LogP contribution is 2.31. The van der Waals surface area contributed by atoms with E-state index in [9.17, 15) is 21.6 Å². The molecule has 0 amide bonds. The fourth-order valence-electron chi connectivity index (χ4n) is 2.17. The number of nitrogens with zero attached hydrogens (tertiary/aromatic N) is 1. The molecule has 0 bridgehead atoms. The molecule has 1 saturated heterocycles. The van der Waals surface area contributed by atoms with Gasteiger partial charge in [-0.05, 0) is 25.1 Å². The Balaban J connectivity index is 2.35. The van der Waals surface area contributed by atoms with E-state index in [1.54, 1.807) is 0 Å². The Morgan fingerprint density at radius 3 is 2.57 bits per heavy atom. The van der Waals surface area contributed by atoms with E-state index >= 15 is 0 Å². The van der Waals surface area contributed by atoms with Crippen LogP contribution in [0.4, 0.5) is 13.2 Å². The maximum absolute atomic E-state index is 12.5. The van der Waals surface area contributed by atoms with Gasteiger partial charge in [-0.25, -0.2) is 8.42 Å². The van der Waals surface area contributed by atoms with Crippen molar-refractivity contribution >= 4 is 10.0 Å². The number of halogens is 3. The molecule has 9 heteroatoms. The molecule has 21 heavy (non-hydrogen) atoms. The third-order valence-corrected chi connectivity index (χ3v) is 5.23. The number of alkyl halides is 3. The second-order valence-electron chi connectivity index (χ2n) is 4.66. The van der Waals surface area contributed by atoms with Gasteiger partial charge in [0.05, 0.1) is 0 Å². The van der Waals surface area contributed by atoms with E-state index in [1.807, 2.05) is 0 Å². The quantitative estimate of drug-likeness (QED) is 0.913. The van der Waals surface area contributed by atoms with Gasteiger partial charge >= 0.3 is 6.36 Å². The summed E-state index contributed by atoms with van der Waals surface area (Å²) in [5, 5.41) is 3.01. The van der Waals surface area contributed by atoms with Crippen molar-refractivity contribution in [2.24, 2.45) is 0 Å². The number of ether oxygens (including phenoxy) is 1. The number of sulfonamides is 1. The first-order valence-electron chi connectivity index (χ1n) is 6.25. The van der Waals surface area contributed by atoms with Gasteiger partial charge in [-0.15, -0.1) is 13.2 Å². The zero-order valence-corrected chi connectivity index (χ0v) is 12.0. The first kappa shape index (κ1) is 16.1. The van der Waals surface area contributed by atoms with Crippen molar-refractivity contribution in [1.29, 1.82) is 0 Å². The average molecular weight is 324 g/mol. The monoisotopic (exact) mass is 324 g/mol. The molecule has 1 fully saturated rings. The van der Waals surface area contributed by atoms with E-state index < -0.39 is 27.0 Å². The van der Waals surface area contributed by atoms with Crippen molar-refractivity contribution in [2.45, 2.75) is 23.7 Å². The Kier molecular flexibility index (Phi) is 4.45. The predicted octanol–water partition coefficient (Wildman–Crippen LogP) is 1.57. The van der Waals surface area contributed by atoms with E-state index in [-0.39, 0.29) is 6.04 Å². The summed E-state index contributed by atoms with van der Waals surface area (Å²) in [5.41, 5.74) is 0. The van der Waals surface area contributed by atoms with Crippen molar-refractivity contribution < 1.29 is 26.3 Å². The molecule has 0 unspecified atom stereocenters. The number of para-hydroxylation sites is 1. The molecule has 1 N–H and O–H groups in total. The Bertz CT molecular complexity index is 598. The topological polar surface area (TPSA) is 58.6 Å². The summed E-state index contributed by atoms with van der Waals surface area (Å²) in [6.45, 7) is 1.14. The summed E-state index contributed by atoms with van der Waals surface area (Å²) in [6, 6.07) is 4.46. The van der Waals surface area contributed by atoms with E-state index in [0.29, 0.717) is 19.5 Å². The van der Waals surface area contributed by atoms with Gasteiger partial charge in [0.1, 0.15) is 10.6 Å². The van der Waals surface area contributed by atoms with Crippen molar-refractivity contribution in [3.05, 3.63) is 24.3 Å². The molecule has 2 rings (SSSR count). The summed E-state index contributed by atoms with van der Waals surface area (Å²) in [7, 11) is -2.70. The smallest absolute Gasteiger partial charge is 0.404 e. The molecule has 5 nitrogen and oxygen atoms in total. The maximum Gasteiger partial charge on any atom is 0.573 e. The van der Waals surface area contributed by atoms with Crippen LogP contribution in [0, 0.1) is 0 Å². The number of likely N-dealkylation sites (N-methyl/N-ethyl adjacent to an activating group) is 1. The zero-order valence-electron chi connectivity index (χ0n) is 11.2. The SMILES string of the molecule is CN([C@@H]1CCNC1)S(=O)(=O)c1ccccc1OC(F)(F)F. The van der Waals surface area contributed by atoms with Gasteiger partial charge in [-0.1, -0.05) is 12.1 Å². The molecule has 1 aromatic rings. The molecule has 0 spiro atoms. The van der Waals surface area contributed by atoms with Gasteiger partial charge in [0.15, 0.2) is 0 Å². The minimum Gasteiger partial charge on any atom is -0.404 e. The lowest BCUT2D eigenvalue weighted by Gasteiger charge is -2.24. The van der Waals surface area contributed by atoms with Crippen LogP contribution in [0.2, 0.25) is 0 Å². The molecule has 0 radical (unpaired) electrons. The standard InChI is InChI=1S/C12H15F3N2O3S/c1-17(9-6-7-16-8-9)21(18,19)11-5-3-2-4-10(11)20-12(13,14)15/h2-5,9,16H,6-8H2,1H3/t9-/m1/s1. The lowest BCUT2D eigenvalue weighted by Crippen LogP contribution is -2.38. The molecular formula is C12H15F3N2O3S. The van der Waals surface area contributed by atoms with Crippen LogP contribution in [0.1, 0.15) is 6.42 Å². The van der Waals surface area contributed by atoms with Crippen molar-refractivity contribution in [1.82, 2.24) is 9.62 Å². The molecule has 1 heterocycles. The minimum absolute atomic E-state index is 0.283.